The molecule has 64 valence electrons. The summed E-state index contributed by atoms with van der Waals surface area (Å²) < 4.78 is 0. The summed E-state index contributed by atoms with van der Waals surface area (Å²) in [6, 6.07) is 9.60. The van der Waals surface area contributed by atoms with E-state index in [1.807, 2.05) is 30.3 Å². The Bertz CT molecular complexity index is 249. The molecule has 4 nitrogen and oxygen atoms in total. The first kappa shape index (κ1) is 8.76. The second kappa shape index (κ2) is 4.53. The zero-order valence-electron chi connectivity index (χ0n) is 6.37. The van der Waals surface area contributed by atoms with Crippen molar-refractivity contribution < 1.29 is 0 Å². The molecule has 0 aliphatic heterocycles. The maximum absolute atomic E-state index is 5.17. The highest BCUT2D eigenvalue weighted by Crippen LogP contribution is 2.01. The Balaban J connectivity index is 2.29. The van der Waals surface area contributed by atoms with Crippen LogP contribution >= 0.6 is 12.2 Å². The first-order valence-electron chi connectivity index (χ1n) is 3.40. The fourth-order valence-corrected chi connectivity index (χ4v) is 0.738. The van der Waals surface area contributed by atoms with Crippen molar-refractivity contribution >= 4 is 23.0 Å². The van der Waals surface area contributed by atoms with Gasteiger partial charge in [-0.15, -0.1) is 5.53 Å². The van der Waals surface area contributed by atoms with E-state index in [1.165, 1.54) is 0 Å². The van der Waals surface area contributed by atoms with Gasteiger partial charge in [0.15, 0.2) is 5.11 Å². The van der Waals surface area contributed by atoms with Crippen LogP contribution in [-0.2, 0) is 0 Å². The zero-order valence-corrected chi connectivity index (χ0v) is 7.19. The molecular weight excluding hydrogens is 172 g/mol. The molecule has 1 rings (SSSR count). The van der Waals surface area contributed by atoms with Crippen LogP contribution < -0.4 is 22.1 Å². The third kappa shape index (κ3) is 3.18. The monoisotopic (exact) mass is 182 g/mol. The predicted molar refractivity (Wildman–Crippen MR) is 53.1 cm³/mol. The molecule has 0 saturated carbocycles. The minimum Gasteiger partial charge on any atom is -0.375 e. The summed E-state index contributed by atoms with van der Waals surface area (Å²) in [5, 5.41) is 0.193. The minimum atomic E-state index is 0.193. The lowest BCUT2D eigenvalue weighted by molar-refractivity contribution is 0.757. The number of hydrogen-bond donors (Lipinski definition) is 4. The van der Waals surface area contributed by atoms with Crippen molar-refractivity contribution in [3.05, 3.63) is 30.3 Å². The van der Waals surface area contributed by atoms with E-state index in [9.17, 15) is 0 Å². The third-order valence-corrected chi connectivity index (χ3v) is 1.27. The molecule has 0 amide bonds. The van der Waals surface area contributed by atoms with Gasteiger partial charge < -0.3 is 11.2 Å². The maximum atomic E-state index is 5.17. The van der Waals surface area contributed by atoms with Crippen LogP contribution in [0.4, 0.5) is 5.69 Å². The standard InChI is InChI=1S/C7H10N4S/c8-7(12)10-11-9-6-4-2-1-3-5-6/h1-5,9,11H,(H3,8,10,12). The van der Waals surface area contributed by atoms with Crippen molar-refractivity contribution in [1.82, 2.24) is 11.0 Å². The highest BCUT2D eigenvalue weighted by molar-refractivity contribution is 7.80. The molecular formula is C7H10N4S. The molecule has 0 unspecified atom stereocenters. The Morgan fingerprint density at radius 1 is 1.25 bits per heavy atom. The Kier molecular flexibility index (Phi) is 3.31. The van der Waals surface area contributed by atoms with Gasteiger partial charge >= 0.3 is 0 Å². The summed E-state index contributed by atoms with van der Waals surface area (Å²) in [4.78, 5) is 0. The zero-order chi connectivity index (χ0) is 8.81. The molecule has 0 aliphatic rings. The van der Waals surface area contributed by atoms with E-state index < -0.39 is 0 Å². The third-order valence-electron chi connectivity index (χ3n) is 1.17. The summed E-state index contributed by atoms with van der Waals surface area (Å²) in [6.07, 6.45) is 0. The molecule has 0 aliphatic carbocycles. The first-order valence-corrected chi connectivity index (χ1v) is 3.81. The number of nitrogens with one attached hydrogen (secondary N) is 3. The summed E-state index contributed by atoms with van der Waals surface area (Å²) in [7, 11) is 0. The molecule has 0 radical (unpaired) electrons. The Morgan fingerprint density at radius 2 is 1.92 bits per heavy atom. The van der Waals surface area contributed by atoms with Crippen molar-refractivity contribution in [2.24, 2.45) is 5.73 Å². The van der Waals surface area contributed by atoms with Gasteiger partial charge in [0, 0.05) is 0 Å². The van der Waals surface area contributed by atoms with Crippen LogP contribution in [0.25, 0.3) is 0 Å². The van der Waals surface area contributed by atoms with Crippen molar-refractivity contribution in [3.63, 3.8) is 0 Å². The number of hydrogen-bond acceptors (Lipinski definition) is 3. The van der Waals surface area contributed by atoms with E-state index in [2.05, 4.69) is 28.6 Å². The van der Waals surface area contributed by atoms with Gasteiger partial charge in [-0.25, -0.2) is 0 Å². The highest BCUT2D eigenvalue weighted by atomic mass is 32.1. The normalized spacial score (nSPS) is 9.00. The number of para-hydroxylation sites is 1. The van der Waals surface area contributed by atoms with Gasteiger partial charge in [0.2, 0.25) is 0 Å². The fraction of sp³-hybridized carbons (Fsp3) is 0. The van der Waals surface area contributed by atoms with Crippen LogP contribution in [0.2, 0.25) is 0 Å². The Hall–Kier alpha value is -1.33. The van der Waals surface area contributed by atoms with Crippen molar-refractivity contribution in [1.29, 1.82) is 0 Å². The second-order valence-electron chi connectivity index (χ2n) is 2.11. The number of thiocarbonyl (C=S) groups is 1. The molecule has 5 N–H and O–H groups in total. The van der Waals surface area contributed by atoms with E-state index in [0.29, 0.717) is 0 Å². The van der Waals surface area contributed by atoms with E-state index in [4.69, 9.17) is 5.73 Å². The van der Waals surface area contributed by atoms with E-state index >= 15 is 0 Å². The number of rotatable bonds is 3. The number of hydrazine groups is 2. The van der Waals surface area contributed by atoms with Crippen molar-refractivity contribution in [3.8, 4) is 0 Å². The molecule has 0 aromatic heterocycles. The van der Waals surface area contributed by atoms with Crippen molar-refractivity contribution in [2.45, 2.75) is 0 Å². The summed E-state index contributed by atoms with van der Waals surface area (Å²) >= 11 is 4.58. The summed E-state index contributed by atoms with van der Waals surface area (Å²) in [5.74, 6) is 0. The van der Waals surface area contributed by atoms with Gasteiger partial charge in [0.25, 0.3) is 0 Å². The van der Waals surface area contributed by atoms with Crippen LogP contribution in [0.3, 0.4) is 0 Å². The van der Waals surface area contributed by atoms with E-state index in [1.54, 1.807) is 0 Å². The van der Waals surface area contributed by atoms with E-state index in [-0.39, 0.29) is 5.11 Å². The smallest absolute Gasteiger partial charge is 0.179 e. The lowest BCUT2D eigenvalue weighted by Crippen LogP contribution is -2.43. The fourth-order valence-electron chi connectivity index (χ4n) is 0.687. The molecule has 0 bridgehead atoms. The second-order valence-corrected chi connectivity index (χ2v) is 2.55. The van der Waals surface area contributed by atoms with Gasteiger partial charge in [0.1, 0.15) is 0 Å². The van der Waals surface area contributed by atoms with Crippen LogP contribution in [0, 0.1) is 0 Å². The summed E-state index contributed by atoms with van der Waals surface area (Å²) in [5.41, 5.74) is 14.1. The number of benzene rings is 1. The van der Waals surface area contributed by atoms with Gasteiger partial charge in [-0.3, -0.25) is 5.43 Å². The number of anilines is 1. The van der Waals surface area contributed by atoms with E-state index in [0.717, 1.165) is 5.69 Å². The van der Waals surface area contributed by atoms with Crippen molar-refractivity contribution in [2.75, 3.05) is 5.43 Å². The van der Waals surface area contributed by atoms with Crippen LogP contribution in [-0.4, -0.2) is 5.11 Å². The Morgan fingerprint density at radius 3 is 2.50 bits per heavy atom. The first-order chi connectivity index (χ1) is 5.79. The molecule has 12 heavy (non-hydrogen) atoms. The van der Waals surface area contributed by atoms with Gasteiger partial charge in [-0.2, -0.15) is 0 Å². The minimum absolute atomic E-state index is 0.193. The average molecular weight is 182 g/mol. The van der Waals surface area contributed by atoms with Gasteiger partial charge in [-0.1, -0.05) is 18.2 Å². The van der Waals surface area contributed by atoms with Gasteiger partial charge in [-0.05, 0) is 24.4 Å². The molecule has 1 aromatic carbocycles. The molecule has 0 fully saturated rings. The predicted octanol–water partition coefficient (Wildman–Crippen LogP) is 0.351. The molecule has 0 heterocycles. The molecule has 1 aromatic rings. The topological polar surface area (TPSA) is 62.1 Å². The SMILES string of the molecule is NC(=S)NNNc1ccccc1. The lowest BCUT2D eigenvalue weighted by atomic mass is 10.3. The molecule has 0 spiro atoms. The highest BCUT2D eigenvalue weighted by Gasteiger charge is 1.86. The summed E-state index contributed by atoms with van der Waals surface area (Å²) in [6.45, 7) is 0. The van der Waals surface area contributed by atoms with Crippen LogP contribution in [0.5, 0.6) is 0 Å². The van der Waals surface area contributed by atoms with Crippen LogP contribution in [0.1, 0.15) is 0 Å². The molecule has 5 heteroatoms. The largest absolute Gasteiger partial charge is 0.375 e. The Labute approximate surface area is 76.1 Å². The average Bonchev–Trinajstić information content (AvgIpc) is 2.05. The maximum Gasteiger partial charge on any atom is 0.179 e. The molecule has 0 saturated heterocycles. The number of nitrogens with two attached hydrogens (primary N) is 1. The van der Waals surface area contributed by atoms with Gasteiger partial charge in [0.05, 0.1) is 5.69 Å². The molecule has 0 atom stereocenters. The quantitative estimate of drug-likeness (QED) is 0.401. The lowest BCUT2D eigenvalue weighted by Gasteiger charge is -2.08. The van der Waals surface area contributed by atoms with Crippen LogP contribution in [0.15, 0.2) is 30.3 Å².